The fourth-order valence-electron chi connectivity index (χ4n) is 2.45. The molecule has 136 valence electrons. The molecule has 0 spiro atoms. The van der Waals surface area contributed by atoms with Gasteiger partial charge in [-0.05, 0) is 26.0 Å². The van der Waals surface area contributed by atoms with E-state index in [1.54, 1.807) is 12.1 Å². The number of para-hydroxylation sites is 2. The molecule has 4 N–H and O–H groups in total. The number of benzene rings is 2. The number of rotatable bonds is 10. The zero-order valence-electron chi connectivity index (χ0n) is 14.9. The topological polar surface area (TPSA) is 73.8 Å². The van der Waals surface area contributed by atoms with E-state index in [2.05, 4.69) is 10.6 Å². The largest absolute Gasteiger partial charge is 0.508 e. The molecule has 5 heteroatoms. The fraction of sp³-hybridized carbons (Fsp3) is 0.400. The van der Waals surface area contributed by atoms with E-state index >= 15 is 0 Å². The molecule has 0 aliphatic heterocycles. The lowest BCUT2D eigenvalue weighted by Crippen LogP contribution is -2.42. The number of nitrogens with one attached hydrogen (secondary N) is 2. The van der Waals surface area contributed by atoms with Crippen molar-refractivity contribution in [3.05, 3.63) is 59.7 Å². The Hall–Kier alpha value is -2.08. The number of ether oxygens (including phenoxy) is 1. The highest BCUT2D eigenvalue weighted by Crippen LogP contribution is 2.16. The molecule has 0 saturated carbocycles. The molecule has 25 heavy (non-hydrogen) atoms. The van der Waals surface area contributed by atoms with Gasteiger partial charge in [0.05, 0.1) is 12.7 Å². The summed E-state index contributed by atoms with van der Waals surface area (Å²) in [5, 5.41) is 26.5. The Kier molecular flexibility index (Phi) is 7.73. The summed E-state index contributed by atoms with van der Waals surface area (Å²) < 4.78 is 5.73. The Morgan fingerprint density at radius 1 is 0.880 bits per heavy atom. The highest BCUT2D eigenvalue weighted by Gasteiger charge is 2.11. The molecular weight excluding hydrogens is 316 g/mol. The van der Waals surface area contributed by atoms with Gasteiger partial charge in [-0.25, -0.2) is 0 Å². The average Bonchev–Trinajstić information content (AvgIpc) is 2.59. The second-order valence-corrected chi connectivity index (χ2v) is 6.35. The first kappa shape index (κ1) is 19.2. The van der Waals surface area contributed by atoms with Crippen molar-refractivity contribution in [3.8, 4) is 11.5 Å². The Morgan fingerprint density at radius 3 is 2.00 bits per heavy atom. The molecule has 0 bridgehead atoms. The van der Waals surface area contributed by atoms with Gasteiger partial charge in [0.15, 0.2) is 0 Å². The summed E-state index contributed by atoms with van der Waals surface area (Å²) in [7, 11) is 0. The van der Waals surface area contributed by atoms with Crippen LogP contribution in [0.15, 0.2) is 48.5 Å². The van der Waals surface area contributed by atoms with Crippen LogP contribution in [-0.2, 0) is 17.8 Å². The highest BCUT2D eigenvalue weighted by molar-refractivity contribution is 5.32. The minimum atomic E-state index is 0.0906. The zero-order chi connectivity index (χ0) is 18.1. The van der Waals surface area contributed by atoms with Crippen molar-refractivity contribution in [2.75, 3.05) is 13.2 Å². The van der Waals surface area contributed by atoms with Crippen LogP contribution in [0.5, 0.6) is 11.5 Å². The normalized spacial score (nSPS) is 12.4. The van der Waals surface area contributed by atoms with Gasteiger partial charge in [0.1, 0.15) is 11.5 Å². The molecule has 2 rings (SSSR count). The van der Waals surface area contributed by atoms with Crippen LogP contribution >= 0.6 is 0 Å². The summed E-state index contributed by atoms with van der Waals surface area (Å²) in [6.45, 7) is 6.43. The van der Waals surface area contributed by atoms with Gasteiger partial charge in [0, 0.05) is 36.8 Å². The van der Waals surface area contributed by atoms with E-state index in [1.807, 2.05) is 50.2 Å². The second-order valence-electron chi connectivity index (χ2n) is 6.35. The van der Waals surface area contributed by atoms with Crippen LogP contribution < -0.4 is 10.6 Å². The van der Waals surface area contributed by atoms with Gasteiger partial charge in [-0.3, -0.25) is 0 Å². The van der Waals surface area contributed by atoms with E-state index in [4.69, 9.17) is 4.74 Å². The Morgan fingerprint density at radius 2 is 1.44 bits per heavy atom. The van der Waals surface area contributed by atoms with E-state index in [0.29, 0.717) is 37.7 Å². The van der Waals surface area contributed by atoms with Gasteiger partial charge in [-0.2, -0.15) is 0 Å². The van der Waals surface area contributed by atoms with E-state index in [9.17, 15) is 10.2 Å². The van der Waals surface area contributed by atoms with Gasteiger partial charge in [0.2, 0.25) is 0 Å². The Bertz CT molecular complexity index is 646. The predicted octanol–water partition coefficient (Wildman–Crippen LogP) is 2.77. The lowest BCUT2D eigenvalue weighted by Gasteiger charge is -2.21. The van der Waals surface area contributed by atoms with Gasteiger partial charge in [-0.15, -0.1) is 0 Å². The number of phenols is 2. The monoisotopic (exact) mass is 344 g/mol. The summed E-state index contributed by atoms with van der Waals surface area (Å²) in [6, 6.07) is 14.7. The quantitative estimate of drug-likeness (QED) is 0.533. The van der Waals surface area contributed by atoms with E-state index < -0.39 is 0 Å². The van der Waals surface area contributed by atoms with Crippen LogP contribution in [0.4, 0.5) is 0 Å². The average molecular weight is 344 g/mol. The van der Waals surface area contributed by atoms with Crippen molar-refractivity contribution in [2.45, 2.75) is 39.1 Å². The molecule has 0 radical (unpaired) electrons. The lowest BCUT2D eigenvalue weighted by molar-refractivity contribution is 0.0606. The Labute approximate surface area is 149 Å². The highest BCUT2D eigenvalue weighted by atomic mass is 16.5. The molecule has 0 amide bonds. The third-order valence-electron chi connectivity index (χ3n) is 3.90. The van der Waals surface area contributed by atoms with Crippen molar-refractivity contribution in [1.29, 1.82) is 0 Å². The van der Waals surface area contributed by atoms with Crippen LogP contribution in [-0.4, -0.2) is 35.5 Å². The SMILES string of the molecule is CC(C)OCC(CNCc1ccccc1O)NCc1ccccc1O. The van der Waals surface area contributed by atoms with Gasteiger partial charge < -0.3 is 25.6 Å². The summed E-state index contributed by atoms with van der Waals surface area (Å²) in [5.41, 5.74) is 1.73. The molecule has 2 aromatic carbocycles. The molecule has 0 aliphatic rings. The molecule has 0 fully saturated rings. The Balaban J connectivity index is 1.86. The minimum absolute atomic E-state index is 0.0906. The summed E-state index contributed by atoms with van der Waals surface area (Å²) in [6.07, 6.45) is 0.160. The summed E-state index contributed by atoms with van der Waals surface area (Å²) >= 11 is 0. The molecule has 1 unspecified atom stereocenters. The maximum absolute atomic E-state index is 9.88. The molecule has 5 nitrogen and oxygen atoms in total. The van der Waals surface area contributed by atoms with E-state index in [1.165, 1.54) is 0 Å². The minimum Gasteiger partial charge on any atom is -0.508 e. The molecule has 2 aromatic rings. The number of phenolic OH excluding ortho intramolecular Hbond substituents is 2. The van der Waals surface area contributed by atoms with Crippen molar-refractivity contribution >= 4 is 0 Å². The lowest BCUT2D eigenvalue weighted by atomic mass is 10.1. The van der Waals surface area contributed by atoms with Gasteiger partial charge in [-0.1, -0.05) is 36.4 Å². The van der Waals surface area contributed by atoms with Crippen LogP contribution in [0.1, 0.15) is 25.0 Å². The van der Waals surface area contributed by atoms with Crippen molar-refractivity contribution < 1.29 is 14.9 Å². The molecular formula is C20H28N2O3. The molecule has 0 aromatic heterocycles. The first-order valence-corrected chi connectivity index (χ1v) is 8.65. The van der Waals surface area contributed by atoms with Crippen LogP contribution in [0.25, 0.3) is 0 Å². The first-order valence-electron chi connectivity index (χ1n) is 8.65. The van der Waals surface area contributed by atoms with Crippen molar-refractivity contribution in [2.24, 2.45) is 0 Å². The molecule has 0 heterocycles. The second kappa shape index (κ2) is 10.0. The number of hydrogen-bond acceptors (Lipinski definition) is 5. The van der Waals surface area contributed by atoms with Crippen molar-refractivity contribution in [1.82, 2.24) is 10.6 Å². The summed E-state index contributed by atoms with van der Waals surface area (Å²) in [4.78, 5) is 0. The number of hydrogen-bond donors (Lipinski definition) is 4. The third kappa shape index (κ3) is 6.74. The van der Waals surface area contributed by atoms with Crippen molar-refractivity contribution in [3.63, 3.8) is 0 Å². The van der Waals surface area contributed by atoms with Gasteiger partial charge >= 0.3 is 0 Å². The maximum Gasteiger partial charge on any atom is 0.120 e. The molecule has 0 saturated heterocycles. The maximum atomic E-state index is 9.88. The molecule has 1 atom stereocenters. The predicted molar refractivity (Wildman–Crippen MR) is 99.6 cm³/mol. The smallest absolute Gasteiger partial charge is 0.120 e. The first-order chi connectivity index (χ1) is 12.1. The van der Waals surface area contributed by atoms with Crippen LogP contribution in [0, 0.1) is 0 Å². The summed E-state index contributed by atoms with van der Waals surface area (Å²) in [5.74, 6) is 0.591. The number of aromatic hydroxyl groups is 2. The standard InChI is InChI=1S/C20H28N2O3/c1-15(2)25-14-18(22-12-17-8-4-6-10-20(17)24)13-21-11-16-7-3-5-9-19(16)23/h3-10,15,18,21-24H,11-14H2,1-2H3. The van der Waals surface area contributed by atoms with E-state index in [0.717, 1.165) is 11.1 Å². The molecule has 0 aliphatic carbocycles. The van der Waals surface area contributed by atoms with Gasteiger partial charge in [0.25, 0.3) is 0 Å². The van der Waals surface area contributed by atoms with Crippen LogP contribution in [0.2, 0.25) is 0 Å². The fourth-order valence-corrected chi connectivity index (χ4v) is 2.45. The van der Waals surface area contributed by atoms with E-state index in [-0.39, 0.29) is 12.1 Å². The van der Waals surface area contributed by atoms with Crippen LogP contribution in [0.3, 0.4) is 0 Å². The zero-order valence-corrected chi connectivity index (χ0v) is 14.9. The third-order valence-corrected chi connectivity index (χ3v) is 3.90.